The van der Waals surface area contributed by atoms with Crippen LogP contribution >= 0.6 is 32.9 Å². The van der Waals surface area contributed by atoms with Crippen LogP contribution in [0.2, 0.25) is 0 Å². The van der Waals surface area contributed by atoms with E-state index in [9.17, 15) is 0 Å². The monoisotopic (exact) mass is 282 g/mol. The van der Waals surface area contributed by atoms with Gasteiger partial charge in [-0.3, -0.25) is 4.68 Å². The van der Waals surface area contributed by atoms with Crippen LogP contribution in [0.1, 0.15) is 19.0 Å². The fraction of sp³-hybridized carbons (Fsp3) is 0.571. The van der Waals surface area contributed by atoms with Crippen molar-refractivity contribution in [1.82, 2.24) is 9.78 Å². The topological polar surface area (TPSA) is 17.8 Å². The molecule has 11 heavy (non-hydrogen) atoms. The summed E-state index contributed by atoms with van der Waals surface area (Å²) in [4.78, 5) is 0. The molecule has 2 nitrogen and oxygen atoms in total. The third kappa shape index (κ3) is 3.38. The summed E-state index contributed by atoms with van der Waals surface area (Å²) in [6.07, 6.45) is 3.16. The lowest BCUT2D eigenvalue weighted by atomic mass is 10.5. The molecule has 0 radical (unpaired) electrons. The molecule has 0 amide bonds. The van der Waals surface area contributed by atoms with E-state index < -0.39 is 0 Å². The second-order valence-corrected chi connectivity index (χ2v) is 2.76. The van der Waals surface area contributed by atoms with Gasteiger partial charge in [0.2, 0.25) is 0 Å². The van der Waals surface area contributed by atoms with E-state index in [-0.39, 0.29) is 17.0 Å². The van der Waals surface area contributed by atoms with Crippen molar-refractivity contribution >= 4 is 32.9 Å². The van der Waals surface area contributed by atoms with Crippen LogP contribution < -0.4 is 0 Å². The number of hydrogen-bond donors (Lipinski definition) is 0. The largest absolute Gasteiger partial charge is 0.272 e. The lowest BCUT2D eigenvalue weighted by molar-refractivity contribution is 0.598. The first-order valence-corrected chi connectivity index (χ1v) is 4.57. The van der Waals surface area contributed by atoms with Crippen LogP contribution in [0.5, 0.6) is 0 Å². The first kappa shape index (κ1) is 11.2. The first-order chi connectivity index (χ1) is 4.86. The van der Waals surface area contributed by atoms with Gasteiger partial charge < -0.3 is 0 Å². The van der Waals surface area contributed by atoms with Crippen LogP contribution in [-0.4, -0.2) is 9.78 Å². The Kier molecular flexibility index (Phi) is 5.86. The normalized spacial score (nSPS) is 9.27. The molecular weight excluding hydrogens is 272 g/mol. The fourth-order valence-electron chi connectivity index (χ4n) is 0.829. The molecule has 0 unspecified atom stereocenters. The second kappa shape index (κ2) is 5.77. The molecule has 1 rings (SSSR count). The molecule has 0 aliphatic rings. The zero-order chi connectivity index (χ0) is 7.40. The molecule has 0 fully saturated rings. The molecule has 1 aromatic heterocycles. The lowest BCUT2D eigenvalue weighted by Gasteiger charge is -1.94. The van der Waals surface area contributed by atoms with E-state index in [2.05, 4.69) is 28.0 Å². The highest BCUT2D eigenvalue weighted by atomic mass is 79.9. The molecular formula is C7H12Br2N2. The quantitative estimate of drug-likeness (QED) is 0.780. The zero-order valence-corrected chi connectivity index (χ0v) is 9.76. The Labute approximate surface area is 85.9 Å². The van der Waals surface area contributed by atoms with Crippen LogP contribution in [0.4, 0.5) is 0 Å². The van der Waals surface area contributed by atoms with Crippen molar-refractivity contribution in [2.75, 3.05) is 0 Å². The Bertz CT molecular complexity index is 198. The van der Waals surface area contributed by atoms with Gasteiger partial charge in [0.25, 0.3) is 0 Å². The number of alkyl halides is 1. The van der Waals surface area contributed by atoms with Crippen molar-refractivity contribution in [2.45, 2.75) is 25.2 Å². The molecule has 0 saturated carbocycles. The van der Waals surface area contributed by atoms with Crippen molar-refractivity contribution in [1.29, 1.82) is 0 Å². The smallest absolute Gasteiger partial charge is 0.0729 e. The summed E-state index contributed by atoms with van der Waals surface area (Å²) in [7, 11) is 0. The molecule has 0 aliphatic carbocycles. The molecule has 0 atom stereocenters. The Morgan fingerprint density at radius 3 is 2.82 bits per heavy atom. The molecule has 0 bridgehead atoms. The number of hydrogen-bond acceptors (Lipinski definition) is 1. The van der Waals surface area contributed by atoms with Crippen LogP contribution in [0.25, 0.3) is 0 Å². The van der Waals surface area contributed by atoms with Crippen molar-refractivity contribution in [3.63, 3.8) is 0 Å². The summed E-state index contributed by atoms with van der Waals surface area (Å²) in [6, 6.07) is 2.03. The summed E-state index contributed by atoms with van der Waals surface area (Å²) >= 11 is 3.35. The van der Waals surface area contributed by atoms with Gasteiger partial charge in [-0.25, -0.2) is 0 Å². The van der Waals surface area contributed by atoms with Crippen molar-refractivity contribution in [3.05, 3.63) is 18.0 Å². The fourth-order valence-corrected chi connectivity index (χ4v) is 1.13. The van der Waals surface area contributed by atoms with Gasteiger partial charge in [-0.15, -0.1) is 17.0 Å². The van der Waals surface area contributed by atoms with Crippen LogP contribution in [0, 0.1) is 0 Å². The van der Waals surface area contributed by atoms with E-state index in [1.54, 1.807) is 0 Å². The van der Waals surface area contributed by atoms with Gasteiger partial charge in [0, 0.05) is 18.1 Å². The number of halogens is 2. The molecule has 0 saturated heterocycles. The Balaban J connectivity index is 0.000001000. The van der Waals surface area contributed by atoms with E-state index in [0.717, 1.165) is 24.0 Å². The summed E-state index contributed by atoms with van der Waals surface area (Å²) < 4.78 is 1.97. The maximum atomic E-state index is 4.29. The molecule has 4 heteroatoms. The summed E-state index contributed by atoms with van der Waals surface area (Å²) in [5.74, 6) is 0. The Hall–Kier alpha value is 0.170. The third-order valence-electron chi connectivity index (χ3n) is 1.29. The van der Waals surface area contributed by atoms with Gasteiger partial charge >= 0.3 is 0 Å². The first-order valence-electron chi connectivity index (χ1n) is 3.45. The molecule has 0 aliphatic heterocycles. The van der Waals surface area contributed by atoms with Crippen molar-refractivity contribution < 1.29 is 0 Å². The maximum Gasteiger partial charge on any atom is 0.0729 e. The Morgan fingerprint density at radius 1 is 1.64 bits per heavy atom. The number of aryl methyl sites for hydroxylation is 1. The highest BCUT2D eigenvalue weighted by Gasteiger charge is 1.93. The third-order valence-corrected chi connectivity index (χ3v) is 1.86. The van der Waals surface area contributed by atoms with Crippen LogP contribution in [0.3, 0.4) is 0 Å². The van der Waals surface area contributed by atoms with E-state index in [1.165, 1.54) is 0 Å². The molecule has 0 aromatic carbocycles. The van der Waals surface area contributed by atoms with Gasteiger partial charge in [-0.05, 0) is 12.5 Å². The highest BCUT2D eigenvalue weighted by Crippen LogP contribution is 2.01. The predicted octanol–water partition coefficient (Wildman–Crippen LogP) is 2.77. The number of nitrogens with zero attached hydrogens (tertiary/aromatic N) is 2. The average Bonchev–Trinajstić information content (AvgIpc) is 2.37. The molecule has 1 heterocycles. The minimum Gasteiger partial charge on any atom is -0.272 e. The summed E-state index contributed by atoms with van der Waals surface area (Å²) in [6.45, 7) is 3.17. The van der Waals surface area contributed by atoms with Crippen LogP contribution in [-0.2, 0) is 11.9 Å². The molecule has 0 N–H and O–H groups in total. The van der Waals surface area contributed by atoms with Crippen molar-refractivity contribution in [2.24, 2.45) is 0 Å². The minimum absolute atomic E-state index is 0. The minimum atomic E-state index is 0. The van der Waals surface area contributed by atoms with Crippen LogP contribution in [0.15, 0.2) is 12.3 Å². The highest BCUT2D eigenvalue weighted by molar-refractivity contribution is 9.08. The SMILES string of the molecule is Br.CCCn1ccc(CBr)n1. The second-order valence-electron chi connectivity index (χ2n) is 2.20. The predicted molar refractivity (Wildman–Crippen MR) is 55.5 cm³/mol. The lowest BCUT2D eigenvalue weighted by Crippen LogP contribution is -1.97. The summed E-state index contributed by atoms with van der Waals surface area (Å²) in [5, 5.41) is 5.14. The zero-order valence-electron chi connectivity index (χ0n) is 6.46. The van der Waals surface area contributed by atoms with E-state index >= 15 is 0 Å². The van der Waals surface area contributed by atoms with Gasteiger partial charge in [0.1, 0.15) is 0 Å². The van der Waals surface area contributed by atoms with Crippen molar-refractivity contribution in [3.8, 4) is 0 Å². The Morgan fingerprint density at radius 2 is 2.36 bits per heavy atom. The van der Waals surface area contributed by atoms with Gasteiger partial charge in [-0.1, -0.05) is 22.9 Å². The van der Waals surface area contributed by atoms with E-state index in [4.69, 9.17) is 0 Å². The average molecular weight is 284 g/mol. The molecule has 64 valence electrons. The maximum absolute atomic E-state index is 4.29. The summed E-state index contributed by atoms with van der Waals surface area (Å²) in [5.41, 5.74) is 1.11. The molecule has 1 aromatic rings. The number of aromatic nitrogens is 2. The van der Waals surface area contributed by atoms with Gasteiger partial charge in [0.05, 0.1) is 5.69 Å². The molecule has 0 spiro atoms. The standard InChI is InChI=1S/C7H11BrN2.BrH/c1-2-4-10-5-3-7(6-8)9-10;/h3,5H,2,4,6H2,1H3;1H. The van der Waals surface area contributed by atoms with E-state index in [1.807, 2.05) is 16.9 Å². The van der Waals surface area contributed by atoms with E-state index in [0.29, 0.717) is 0 Å². The van der Waals surface area contributed by atoms with Gasteiger partial charge in [0.15, 0.2) is 0 Å². The number of rotatable bonds is 3. The van der Waals surface area contributed by atoms with Gasteiger partial charge in [-0.2, -0.15) is 5.10 Å².